The van der Waals surface area contributed by atoms with Crippen LogP contribution >= 0.6 is 50.9 Å². The Morgan fingerprint density at radius 2 is 1.94 bits per heavy atom. The number of aromatic nitrogens is 3. The lowest BCUT2D eigenvalue weighted by molar-refractivity contribution is -0.113. The normalized spacial score (nSPS) is 11.8. The quantitative estimate of drug-likeness (QED) is 0.379. The van der Waals surface area contributed by atoms with Gasteiger partial charge in [0.1, 0.15) is 0 Å². The molecule has 1 heterocycles. The number of hydrogen-bond donors (Lipinski definition) is 2. The molecule has 11 heteroatoms. The predicted octanol–water partition coefficient (Wildman–Crippen LogP) is 5.41. The van der Waals surface area contributed by atoms with Crippen molar-refractivity contribution in [1.29, 1.82) is 0 Å². The van der Waals surface area contributed by atoms with Crippen molar-refractivity contribution in [1.82, 2.24) is 20.1 Å². The first-order chi connectivity index (χ1) is 15.2. The molecule has 7 nitrogen and oxygen atoms in total. The Bertz CT molecular complexity index is 1170. The second-order valence-electron chi connectivity index (χ2n) is 7.02. The van der Waals surface area contributed by atoms with Crippen LogP contribution in [-0.4, -0.2) is 32.3 Å². The van der Waals surface area contributed by atoms with Crippen molar-refractivity contribution in [2.45, 2.75) is 25.0 Å². The molecular weight excluding hydrogens is 537 g/mol. The highest BCUT2D eigenvalue weighted by atomic mass is 79.9. The monoisotopic (exact) mass is 555 g/mol. The topological polar surface area (TPSA) is 88.9 Å². The zero-order valence-electron chi connectivity index (χ0n) is 17.4. The van der Waals surface area contributed by atoms with Crippen molar-refractivity contribution < 1.29 is 9.59 Å². The summed E-state index contributed by atoms with van der Waals surface area (Å²) in [5.41, 5.74) is 2.04. The van der Waals surface area contributed by atoms with E-state index in [2.05, 4.69) is 36.8 Å². The van der Waals surface area contributed by atoms with Crippen LogP contribution in [0.2, 0.25) is 10.0 Å². The number of nitrogens with one attached hydrogen (secondary N) is 2. The molecule has 1 atom stereocenters. The fourth-order valence-electron chi connectivity index (χ4n) is 2.93. The molecular formula is C21H20BrCl2N5O2S. The maximum atomic E-state index is 12.6. The van der Waals surface area contributed by atoms with Gasteiger partial charge in [-0.2, -0.15) is 0 Å². The molecule has 0 saturated heterocycles. The zero-order valence-corrected chi connectivity index (χ0v) is 21.4. The molecule has 0 aliphatic heterocycles. The molecule has 3 aromatic rings. The maximum Gasteiger partial charge on any atom is 0.253 e. The highest BCUT2D eigenvalue weighted by Crippen LogP contribution is 2.24. The van der Waals surface area contributed by atoms with E-state index in [4.69, 9.17) is 23.2 Å². The largest absolute Gasteiger partial charge is 0.342 e. The lowest BCUT2D eigenvalue weighted by atomic mass is 10.2. The molecule has 0 aliphatic carbocycles. The summed E-state index contributed by atoms with van der Waals surface area (Å²) in [6.45, 7) is 3.72. The Hall–Kier alpha value is -2.07. The van der Waals surface area contributed by atoms with Gasteiger partial charge in [-0.25, -0.2) is 0 Å². The van der Waals surface area contributed by atoms with Gasteiger partial charge in [-0.1, -0.05) is 50.9 Å². The van der Waals surface area contributed by atoms with E-state index in [0.717, 1.165) is 15.7 Å². The second kappa shape index (κ2) is 10.7. The zero-order chi connectivity index (χ0) is 23.4. The molecule has 0 fully saturated rings. The van der Waals surface area contributed by atoms with Gasteiger partial charge in [0.25, 0.3) is 5.91 Å². The summed E-state index contributed by atoms with van der Waals surface area (Å²) >= 11 is 16.7. The van der Waals surface area contributed by atoms with Crippen molar-refractivity contribution >= 4 is 68.4 Å². The number of anilines is 1. The van der Waals surface area contributed by atoms with Gasteiger partial charge in [0.15, 0.2) is 11.0 Å². The van der Waals surface area contributed by atoms with Crippen LogP contribution < -0.4 is 10.6 Å². The molecule has 2 aromatic carbocycles. The first-order valence-electron chi connectivity index (χ1n) is 9.49. The van der Waals surface area contributed by atoms with Crippen LogP contribution in [0.1, 0.15) is 34.7 Å². The van der Waals surface area contributed by atoms with Crippen molar-refractivity contribution in [3.05, 3.63) is 67.9 Å². The van der Waals surface area contributed by atoms with Crippen LogP contribution in [0.4, 0.5) is 5.69 Å². The molecule has 0 bridgehead atoms. The number of benzene rings is 2. The Labute approximate surface area is 208 Å². The fraction of sp³-hybridized carbons (Fsp3) is 0.238. The van der Waals surface area contributed by atoms with E-state index >= 15 is 0 Å². The third-order valence-electron chi connectivity index (χ3n) is 4.57. The number of rotatable bonds is 7. The van der Waals surface area contributed by atoms with E-state index in [1.165, 1.54) is 17.8 Å². The number of amides is 2. The molecule has 0 aliphatic rings. The summed E-state index contributed by atoms with van der Waals surface area (Å²) in [7, 11) is 1.78. The fourth-order valence-corrected chi connectivity index (χ4v) is 4.61. The number of thioether (sulfide) groups is 1. The minimum Gasteiger partial charge on any atom is -0.342 e. The van der Waals surface area contributed by atoms with Gasteiger partial charge in [0.05, 0.1) is 22.4 Å². The number of carbonyl (C=O) groups is 2. The summed E-state index contributed by atoms with van der Waals surface area (Å²) in [6, 6.07) is 9.91. The summed E-state index contributed by atoms with van der Waals surface area (Å²) < 4.78 is 2.70. The summed E-state index contributed by atoms with van der Waals surface area (Å²) in [4.78, 5) is 24.9. The van der Waals surface area contributed by atoms with Gasteiger partial charge in [0, 0.05) is 22.2 Å². The second-order valence-corrected chi connectivity index (χ2v) is 9.72. The first-order valence-corrected chi connectivity index (χ1v) is 12.0. The van der Waals surface area contributed by atoms with Crippen LogP contribution in [-0.2, 0) is 11.8 Å². The van der Waals surface area contributed by atoms with Gasteiger partial charge >= 0.3 is 0 Å². The van der Waals surface area contributed by atoms with Crippen LogP contribution in [0.25, 0.3) is 0 Å². The maximum absolute atomic E-state index is 12.6. The van der Waals surface area contributed by atoms with Gasteiger partial charge in [-0.05, 0) is 55.8 Å². The van der Waals surface area contributed by atoms with E-state index in [9.17, 15) is 9.59 Å². The molecule has 3 rings (SSSR count). The van der Waals surface area contributed by atoms with Gasteiger partial charge in [-0.3, -0.25) is 9.59 Å². The lowest BCUT2D eigenvalue weighted by Gasteiger charge is -2.14. The Morgan fingerprint density at radius 1 is 1.19 bits per heavy atom. The van der Waals surface area contributed by atoms with Crippen molar-refractivity contribution in [3.8, 4) is 0 Å². The van der Waals surface area contributed by atoms with Crippen LogP contribution in [0.15, 0.2) is 46.0 Å². The lowest BCUT2D eigenvalue weighted by Crippen LogP contribution is -2.28. The molecule has 0 spiro atoms. The van der Waals surface area contributed by atoms with Crippen molar-refractivity contribution in [3.63, 3.8) is 0 Å². The van der Waals surface area contributed by atoms with Gasteiger partial charge in [0.2, 0.25) is 5.91 Å². The predicted molar refractivity (Wildman–Crippen MR) is 132 cm³/mol. The molecule has 1 aromatic heterocycles. The third kappa shape index (κ3) is 6.04. The minimum atomic E-state index is -0.430. The number of nitrogens with zero attached hydrogens (tertiary/aromatic N) is 3. The van der Waals surface area contributed by atoms with Crippen LogP contribution in [0.3, 0.4) is 0 Å². The summed E-state index contributed by atoms with van der Waals surface area (Å²) in [5.74, 6) is 0.224. The van der Waals surface area contributed by atoms with Gasteiger partial charge < -0.3 is 15.2 Å². The SMILES string of the molecule is Cc1cc(Br)ccc1NC(=O)CSc1nnc([C@@H](C)NC(=O)c2ccc(Cl)cc2Cl)n1C. The van der Waals surface area contributed by atoms with E-state index in [0.29, 0.717) is 21.6 Å². The van der Waals surface area contributed by atoms with Crippen LogP contribution in [0.5, 0.6) is 0 Å². The minimum absolute atomic E-state index is 0.149. The van der Waals surface area contributed by atoms with Gasteiger partial charge in [-0.15, -0.1) is 10.2 Å². The highest BCUT2D eigenvalue weighted by molar-refractivity contribution is 9.10. The number of aryl methyl sites for hydroxylation is 1. The number of carbonyl (C=O) groups excluding carboxylic acids is 2. The van der Waals surface area contributed by atoms with E-state index in [1.807, 2.05) is 25.1 Å². The standard InChI is InChI=1S/C21H20BrCl2N5O2S/c1-11-8-13(22)4-7-17(11)26-18(30)10-32-21-28-27-19(29(21)3)12(2)25-20(31)15-6-5-14(23)9-16(15)24/h4-9,12H,10H2,1-3H3,(H,25,31)(H,26,30)/t12-/m1/s1. The molecule has 2 N–H and O–H groups in total. The van der Waals surface area contributed by atoms with Crippen molar-refractivity contribution in [2.24, 2.45) is 7.05 Å². The Kier molecular flexibility index (Phi) is 8.21. The Balaban J connectivity index is 1.60. The smallest absolute Gasteiger partial charge is 0.253 e. The Morgan fingerprint density at radius 3 is 2.62 bits per heavy atom. The molecule has 2 amide bonds. The summed E-state index contributed by atoms with van der Waals surface area (Å²) in [5, 5.41) is 15.3. The van der Waals surface area contributed by atoms with Crippen molar-refractivity contribution in [2.75, 3.05) is 11.1 Å². The molecule has 0 radical (unpaired) electrons. The molecule has 168 valence electrons. The number of halogens is 3. The molecule has 0 saturated carbocycles. The molecule has 32 heavy (non-hydrogen) atoms. The summed E-state index contributed by atoms with van der Waals surface area (Å²) in [6.07, 6.45) is 0. The average molecular weight is 557 g/mol. The average Bonchev–Trinajstić information content (AvgIpc) is 3.09. The first kappa shape index (κ1) is 24.6. The molecule has 0 unspecified atom stereocenters. The van der Waals surface area contributed by atoms with E-state index in [-0.39, 0.29) is 22.6 Å². The third-order valence-corrected chi connectivity index (χ3v) is 6.64. The van der Waals surface area contributed by atoms with E-state index < -0.39 is 6.04 Å². The highest BCUT2D eigenvalue weighted by Gasteiger charge is 2.20. The van der Waals surface area contributed by atoms with Crippen LogP contribution in [0, 0.1) is 6.92 Å². The van der Waals surface area contributed by atoms with E-state index in [1.54, 1.807) is 30.7 Å². The number of hydrogen-bond acceptors (Lipinski definition) is 5.